The molecule has 0 spiro atoms. The van der Waals surface area contributed by atoms with Gasteiger partial charge in [0.2, 0.25) is 0 Å². The maximum atomic E-state index is 11.9. The highest BCUT2D eigenvalue weighted by Gasteiger charge is 2.10. The van der Waals surface area contributed by atoms with E-state index in [1.54, 1.807) is 11.3 Å². The highest BCUT2D eigenvalue weighted by molar-refractivity contribution is 7.07. The van der Waals surface area contributed by atoms with E-state index in [0.29, 0.717) is 12.6 Å². The predicted octanol–water partition coefficient (Wildman–Crippen LogP) is 3.33. The Morgan fingerprint density at radius 3 is 2.89 bits per heavy atom. The second-order valence-corrected chi connectivity index (χ2v) is 5.02. The summed E-state index contributed by atoms with van der Waals surface area (Å²) in [7, 11) is 0. The zero-order valence-corrected chi connectivity index (χ0v) is 11.5. The van der Waals surface area contributed by atoms with Crippen molar-refractivity contribution < 1.29 is 13.5 Å². The quantitative estimate of drug-likeness (QED) is 0.662. The van der Waals surface area contributed by atoms with E-state index in [0.717, 1.165) is 25.8 Å². The molecule has 0 aliphatic heterocycles. The van der Waals surface area contributed by atoms with Gasteiger partial charge in [0.15, 0.2) is 0 Å². The summed E-state index contributed by atoms with van der Waals surface area (Å²) in [5.41, 5.74) is 1.29. The smallest absolute Gasteiger partial charge is 0.261 e. The minimum absolute atomic E-state index is 0.303. The fourth-order valence-electron chi connectivity index (χ4n) is 1.72. The lowest BCUT2D eigenvalue weighted by atomic mass is 10.1. The van der Waals surface area contributed by atoms with Crippen molar-refractivity contribution >= 4 is 11.3 Å². The van der Waals surface area contributed by atoms with Gasteiger partial charge in [-0.15, -0.1) is 0 Å². The monoisotopic (exact) mass is 277 g/mol. The van der Waals surface area contributed by atoms with E-state index in [2.05, 4.69) is 29.1 Å². The molecule has 1 aromatic heterocycles. The van der Waals surface area contributed by atoms with Gasteiger partial charge in [0.25, 0.3) is 6.43 Å². The zero-order valence-electron chi connectivity index (χ0n) is 10.7. The second-order valence-electron chi connectivity index (χ2n) is 4.24. The number of thiophene rings is 1. The van der Waals surface area contributed by atoms with Gasteiger partial charge in [0.1, 0.15) is 6.61 Å². The number of rotatable bonds is 10. The topological polar surface area (TPSA) is 21.3 Å². The van der Waals surface area contributed by atoms with Gasteiger partial charge in [-0.1, -0.05) is 6.92 Å². The Morgan fingerprint density at radius 1 is 1.44 bits per heavy atom. The summed E-state index contributed by atoms with van der Waals surface area (Å²) in [6.45, 7) is 2.99. The summed E-state index contributed by atoms with van der Waals surface area (Å²) < 4.78 is 28.8. The summed E-state index contributed by atoms with van der Waals surface area (Å²) in [4.78, 5) is 0. The number of alkyl halides is 2. The summed E-state index contributed by atoms with van der Waals surface area (Å²) in [5, 5.41) is 7.61. The average molecular weight is 277 g/mol. The first-order valence-corrected chi connectivity index (χ1v) is 7.27. The number of hydrogen-bond donors (Lipinski definition) is 1. The fraction of sp³-hybridized carbons (Fsp3) is 0.692. The van der Waals surface area contributed by atoms with Crippen LogP contribution in [0.25, 0.3) is 0 Å². The van der Waals surface area contributed by atoms with Crippen LogP contribution in [0.2, 0.25) is 0 Å². The molecule has 0 radical (unpaired) electrons. The molecule has 0 bridgehead atoms. The van der Waals surface area contributed by atoms with Crippen LogP contribution in [0.4, 0.5) is 8.78 Å². The summed E-state index contributed by atoms with van der Waals surface area (Å²) in [5.74, 6) is 0. The predicted molar refractivity (Wildman–Crippen MR) is 71.5 cm³/mol. The SMILES string of the molecule is CCCNC(CCOCC(F)F)Cc1ccsc1. The molecule has 0 saturated heterocycles. The van der Waals surface area contributed by atoms with Crippen molar-refractivity contribution in [3.63, 3.8) is 0 Å². The van der Waals surface area contributed by atoms with Crippen LogP contribution in [0.3, 0.4) is 0 Å². The van der Waals surface area contributed by atoms with Crippen molar-refractivity contribution in [1.29, 1.82) is 0 Å². The van der Waals surface area contributed by atoms with Gasteiger partial charge in [0, 0.05) is 12.6 Å². The molecule has 1 rings (SSSR count). The van der Waals surface area contributed by atoms with Crippen LogP contribution in [-0.2, 0) is 11.2 Å². The molecular weight excluding hydrogens is 256 g/mol. The van der Waals surface area contributed by atoms with E-state index < -0.39 is 13.0 Å². The standard InChI is InChI=1S/C13H21F2NOS/c1-2-5-16-12(3-6-17-9-13(14)15)8-11-4-7-18-10-11/h4,7,10,12-13,16H,2-3,5-6,8-9H2,1H3. The molecule has 1 N–H and O–H groups in total. The summed E-state index contributed by atoms with van der Waals surface area (Å²) in [6, 6.07) is 2.41. The molecule has 0 saturated carbocycles. The summed E-state index contributed by atoms with van der Waals surface area (Å²) >= 11 is 1.68. The van der Waals surface area contributed by atoms with E-state index in [-0.39, 0.29) is 0 Å². The number of halogens is 2. The number of hydrogen-bond acceptors (Lipinski definition) is 3. The van der Waals surface area contributed by atoms with Crippen LogP contribution in [0.1, 0.15) is 25.3 Å². The molecule has 0 aliphatic rings. The van der Waals surface area contributed by atoms with E-state index in [4.69, 9.17) is 4.74 Å². The maximum absolute atomic E-state index is 11.9. The van der Waals surface area contributed by atoms with Crippen molar-refractivity contribution in [1.82, 2.24) is 5.32 Å². The third kappa shape index (κ3) is 7.03. The Bertz CT molecular complexity index is 293. The van der Waals surface area contributed by atoms with Gasteiger partial charge in [-0.25, -0.2) is 8.78 Å². The Morgan fingerprint density at radius 2 is 2.28 bits per heavy atom. The van der Waals surface area contributed by atoms with Gasteiger partial charge in [0.05, 0.1) is 0 Å². The normalized spacial score (nSPS) is 13.1. The number of ether oxygens (including phenoxy) is 1. The Balaban J connectivity index is 2.26. The van der Waals surface area contributed by atoms with Crippen molar-refractivity contribution in [2.75, 3.05) is 19.8 Å². The zero-order chi connectivity index (χ0) is 13.2. The minimum Gasteiger partial charge on any atom is -0.375 e. The third-order valence-corrected chi connectivity index (χ3v) is 3.33. The largest absolute Gasteiger partial charge is 0.375 e. The first-order chi connectivity index (χ1) is 8.72. The third-order valence-electron chi connectivity index (χ3n) is 2.60. The average Bonchev–Trinajstić information content (AvgIpc) is 2.83. The second kappa shape index (κ2) is 9.42. The van der Waals surface area contributed by atoms with Gasteiger partial charge in [-0.05, 0) is 48.2 Å². The molecule has 0 aliphatic carbocycles. The van der Waals surface area contributed by atoms with Crippen LogP contribution in [0.5, 0.6) is 0 Å². The molecule has 1 aromatic rings. The van der Waals surface area contributed by atoms with E-state index in [9.17, 15) is 8.78 Å². The van der Waals surface area contributed by atoms with Crippen LogP contribution >= 0.6 is 11.3 Å². The molecule has 2 nitrogen and oxygen atoms in total. The molecule has 5 heteroatoms. The highest BCUT2D eigenvalue weighted by Crippen LogP contribution is 2.10. The van der Waals surface area contributed by atoms with E-state index >= 15 is 0 Å². The Kier molecular flexibility index (Phi) is 8.13. The van der Waals surface area contributed by atoms with Crippen molar-refractivity contribution in [3.05, 3.63) is 22.4 Å². The first-order valence-electron chi connectivity index (χ1n) is 6.32. The molecule has 1 unspecified atom stereocenters. The molecule has 1 heterocycles. The minimum atomic E-state index is -2.37. The van der Waals surface area contributed by atoms with Crippen molar-refractivity contribution in [2.45, 2.75) is 38.7 Å². The van der Waals surface area contributed by atoms with Gasteiger partial charge < -0.3 is 10.1 Å². The van der Waals surface area contributed by atoms with Crippen LogP contribution in [-0.4, -0.2) is 32.2 Å². The Hall–Kier alpha value is -0.520. The van der Waals surface area contributed by atoms with Crippen LogP contribution < -0.4 is 5.32 Å². The lowest BCUT2D eigenvalue weighted by Gasteiger charge is -2.18. The van der Waals surface area contributed by atoms with E-state index in [1.165, 1.54) is 5.56 Å². The first kappa shape index (κ1) is 15.5. The lowest BCUT2D eigenvalue weighted by molar-refractivity contribution is 0.0144. The van der Waals surface area contributed by atoms with E-state index in [1.807, 2.05) is 0 Å². The van der Waals surface area contributed by atoms with Crippen molar-refractivity contribution in [3.8, 4) is 0 Å². The number of nitrogens with one attached hydrogen (secondary N) is 1. The van der Waals surface area contributed by atoms with Crippen LogP contribution in [0, 0.1) is 0 Å². The van der Waals surface area contributed by atoms with Gasteiger partial charge in [-0.2, -0.15) is 11.3 Å². The molecule has 18 heavy (non-hydrogen) atoms. The van der Waals surface area contributed by atoms with Crippen LogP contribution in [0.15, 0.2) is 16.8 Å². The molecule has 1 atom stereocenters. The molecule has 0 aromatic carbocycles. The Labute approximate surface area is 111 Å². The maximum Gasteiger partial charge on any atom is 0.261 e. The lowest BCUT2D eigenvalue weighted by Crippen LogP contribution is -2.33. The molecular formula is C13H21F2NOS. The fourth-order valence-corrected chi connectivity index (χ4v) is 2.40. The van der Waals surface area contributed by atoms with Gasteiger partial charge >= 0.3 is 0 Å². The molecule has 0 amide bonds. The summed E-state index contributed by atoms with van der Waals surface area (Å²) in [6.07, 6.45) is 0.395. The molecule has 0 fully saturated rings. The molecule has 104 valence electrons. The highest BCUT2D eigenvalue weighted by atomic mass is 32.1. The van der Waals surface area contributed by atoms with Gasteiger partial charge in [-0.3, -0.25) is 0 Å². The van der Waals surface area contributed by atoms with Crippen molar-refractivity contribution in [2.24, 2.45) is 0 Å².